The molecule has 0 amide bonds. The minimum atomic E-state index is 0.335. The molecular formula is C12H11N3. The van der Waals surface area contributed by atoms with E-state index in [4.69, 9.17) is 5.26 Å². The van der Waals surface area contributed by atoms with E-state index >= 15 is 0 Å². The predicted molar refractivity (Wildman–Crippen MR) is 57.6 cm³/mol. The monoisotopic (exact) mass is 197 g/mol. The van der Waals surface area contributed by atoms with E-state index in [1.807, 2.05) is 42.0 Å². The molecule has 0 aliphatic heterocycles. The zero-order valence-electron chi connectivity index (χ0n) is 8.51. The second kappa shape index (κ2) is 3.97. The Labute approximate surface area is 88.6 Å². The topological polar surface area (TPSA) is 41.6 Å². The van der Waals surface area contributed by atoms with Crippen LogP contribution >= 0.6 is 0 Å². The smallest absolute Gasteiger partial charge is 0.127 e. The van der Waals surface area contributed by atoms with Crippen LogP contribution in [0.25, 0.3) is 5.69 Å². The molecule has 0 aliphatic carbocycles. The fourth-order valence-electron chi connectivity index (χ4n) is 1.59. The minimum absolute atomic E-state index is 0.335. The van der Waals surface area contributed by atoms with Crippen molar-refractivity contribution in [2.24, 2.45) is 0 Å². The van der Waals surface area contributed by atoms with Crippen LogP contribution in [0.4, 0.5) is 0 Å². The van der Waals surface area contributed by atoms with Crippen molar-refractivity contribution in [2.75, 3.05) is 0 Å². The van der Waals surface area contributed by atoms with Crippen LogP contribution in [0, 0.1) is 18.3 Å². The van der Waals surface area contributed by atoms with E-state index < -0.39 is 0 Å². The summed E-state index contributed by atoms with van der Waals surface area (Å²) >= 11 is 0. The number of benzene rings is 1. The van der Waals surface area contributed by atoms with Crippen molar-refractivity contribution in [3.05, 3.63) is 48.0 Å². The lowest BCUT2D eigenvalue weighted by Crippen LogP contribution is -2.01. The van der Waals surface area contributed by atoms with Crippen LogP contribution in [-0.2, 0) is 6.42 Å². The Balaban J connectivity index is 2.51. The minimum Gasteiger partial charge on any atom is -0.303 e. The highest BCUT2D eigenvalue weighted by Crippen LogP contribution is 2.15. The largest absolute Gasteiger partial charge is 0.303 e. The molecule has 0 bridgehead atoms. The lowest BCUT2D eigenvalue weighted by atomic mass is 10.2. The van der Waals surface area contributed by atoms with Gasteiger partial charge in [0.05, 0.1) is 12.5 Å². The van der Waals surface area contributed by atoms with Crippen molar-refractivity contribution in [3.8, 4) is 11.8 Å². The first kappa shape index (κ1) is 9.47. The number of nitriles is 1. The van der Waals surface area contributed by atoms with Crippen molar-refractivity contribution in [3.63, 3.8) is 0 Å². The van der Waals surface area contributed by atoms with Gasteiger partial charge in [-0.05, 0) is 18.6 Å². The molecule has 0 atom stereocenters. The summed E-state index contributed by atoms with van der Waals surface area (Å²) in [5.74, 6) is 0.784. The summed E-state index contributed by atoms with van der Waals surface area (Å²) < 4.78 is 1.96. The molecular weight excluding hydrogens is 186 g/mol. The molecule has 0 fully saturated rings. The summed E-state index contributed by atoms with van der Waals surface area (Å²) in [7, 11) is 0. The molecule has 0 unspecified atom stereocenters. The van der Waals surface area contributed by atoms with Gasteiger partial charge >= 0.3 is 0 Å². The van der Waals surface area contributed by atoms with Crippen LogP contribution in [0.3, 0.4) is 0 Å². The summed E-state index contributed by atoms with van der Waals surface area (Å²) in [4.78, 5) is 4.16. The molecule has 2 aromatic rings. The first-order valence-corrected chi connectivity index (χ1v) is 4.78. The maximum atomic E-state index is 8.68. The number of nitrogens with zero attached hydrogens (tertiary/aromatic N) is 3. The highest BCUT2D eigenvalue weighted by molar-refractivity contribution is 5.41. The molecule has 15 heavy (non-hydrogen) atoms. The van der Waals surface area contributed by atoms with Crippen molar-refractivity contribution < 1.29 is 0 Å². The number of hydrogen-bond donors (Lipinski definition) is 0. The van der Waals surface area contributed by atoms with Gasteiger partial charge in [0.15, 0.2) is 0 Å². The van der Waals surface area contributed by atoms with Crippen molar-refractivity contribution in [1.82, 2.24) is 9.55 Å². The first-order chi connectivity index (χ1) is 7.33. The Morgan fingerprint density at radius 2 is 2.20 bits per heavy atom. The van der Waals surface area contributed by atoms with E-state index in [0.29, 0.717) is 6.42 Å². The van der Waals surface area contributed by atoms with Crippen molar-refractivity contribution >= 4 is 0 Å². The zero-order chi connectivity index (χ0) is 10.7. The maximum Gasteiger partial charge on any atom is 0.127 e. The molecule has 0 N–H and O–H groups in total. The standard InChI is InChI=1S/C12H11N3/c1-10-4-2-3-5-11(10)15-9-8-14-12(15)6-7-13/h2-5,8-9H,6H2,1H3. The van der Waals surface area contributed by atoms with Gasteiger partial charge in [-0.15, -0.1) is 0 Å². The highest BCUT2D eigenvalue weighted by Gasteiger charge is 2.05. The van der Waals surface area contributed by atoms with Gasteiger partial charge < -0.3 is 4.57 Å². The van der Waals surface area contributed by atoms with E-state index in [-0.39, 0.29) is 0 Å². The number of aromatic nitrogens is 2. The summed E-state index contributed by atoms with van der Waals surface area (Å²) in [6.07, 6.45) is 3.94. The van der Waals surface area contributed by atoms with E-state index in [1.165, 1.54) is 5.56 Å². The van der Waals surface area contributed by atoms with Crippen LogP contribution in [0.1, 0.15) is 11.4 Å². The normalized spacial score (nSPS) is 9.87. The van der Waals surface area contributed by atoms with Gasteiger partial charge in [-0.25, -0.2) is 4.98 Å². The Morgan fingerprint density at radius 3 is 2.93 bits per heavy atom. The molecule has 3 nitrogen and oxygen atoms in total. The van der Waals surface area contributed by atoms with Crippen molar-refractivity contribution in [2.45, 2.75) is 13.3 Å². The molecule has 0 aliphatic rings. The third-order valence-electron chi connectivity index (χ3n) is 2.33. The summed E-state index contributed by atoms with van der Waals surface area (Å²) in [5.41, 5.74) is 2.26. The quantitative estimate of drug-likeness (QED) is 0.740. The number of para-hydroxylation sites is 1. The zero-order valence-corrected chi connectivity index (χ0v) is 8.51. The summed E-state index contributed by atoms with van der Waals surface area (Å²) in [6, 6.07) is 10.2. The van der Waals surface area contributed by atoms with Gasteiger partial charge in [0.25, 0.3) is 0 Å². The fourth-order valence-corrected chi connectivity index (χ4v) is 1.59. The highest BCUT2D eigenvalue weighted by atomic mass is 15.1. The second-order valence-electron chi connectivity index (χ2n) is 3.33. The van der Waals surface area contributed by atoms with E-state index in [2.05, 4.69) is 11.1 Å². The van der Waals surface area contributed by atoms with Crippen LogP contribution in [0.5, 0.6) is 0 Å². The van der Waals surface area contributed by atoms with E-state index in [9.17, 15) is 0 Å². The third kappa shape index (κ3) is 1.75. The Morgan fingerprint density at radius 1 is 1.40 bits per heavy atom. The van der Waals surface area contributed by atoms with E-state index in [1.54, 1.807) is 6.20 Å². The number of imidazole rings is 1. The average Bonchev–Trinajstić information content (AvgIpc) is 2.67. The SMILES string of the molecule is Cc1ccccc1-n1ccnc1CC#N. The molecule has 0 saturated carbocycles. The number of hydrogen-bond acceptors (Lipinski definition) is 2. The van der Waals surface area contributed by atoms with Gasteiger partial charge in [0.2, 0.25) is 0 Å². The molecule has 74 valence electrons. The molecule has 0 radical (unpaired) electrons. The summed E-state index contributed by atoms with van der Waals surface area (Å²) in [6.45, 7) is 2.05. The molecule has 0 saturated heterocycles. The van der Waals surface area contributed by atoms with Gasteiger partial charge in [-0.1, -0.05) is 18.2 Å². The lowest BCUT2D eigenvalue weighted by Gasteiger charge is -2.08. The molecule has 1 aromatic carbocycles. The second-order valence-corrected chi connectivity index (χ2v) is 3.33. The average molecular weight is 197 g/mol. The molecule has 1 aromatic heterocycles. The van der Waals surface area contributed by atoms with Crippen LogP contribution in [0.2, 0.25) is 0 Å². The van der Waals surface area contributed by atoms with Gasteiger partial charge in [0.1, 0.15) is 5.82 Å². The lowest BCUT2D eigenvalue weighted by molar-refractivity contribution is 0.926. The maximum absolute atomic E-state index is 8.68. The molecule has 3 heteroatoms. The van der Waals surface area contributed by atoms with Gasteiger partial charge in [0, 0.05) is 18.1 Å². The van der Waals surface area contributed by atoms with Crippen LogP contribution in [0.15, 0.2) is 36.7 Å². The van der Waals surface area contributed by atoms with Gasteiger partial charge in [-0.3, -0.25) is 0 Å². The van der Waals surface area contributed by atoms with E-state index in [0.717, 1.165) is 11.5 Å². The first-order valence-electron chi connectivity index (χ1n) is 4.78. The summed E-state index contributed by atoms with van der Waals surface area (Å²) in [5, 5.41) is 8.68. The Kier molecular flexibility index (Phi) is 2.51. The third-order valence-corrected chi connectivity index (χ3v) is 2.33. The Bertz CT molecular complexity index is 506. The van der Waals surface area contributed by atoms with Crippen LogP contribution < -0.4 is 0 Å². The number of rotatable bonds is 2. The molecule has 1 heterocycles. The van der Waals surface area contributed by atoms with Crippen molar-refractivity contribution in [1.29, 1.82) is 5.26 Å². The Hall–Kier alpha value is -2.08. The fraction of sp³-hybridized carbons (Fsp3) is 0.167. The van der Waals surface area contributed by atoms with Gasteiger partial charge in [-0.2, -0.15) is 5.26 Å². The molecule has 2 rings (SSSR count). The molecule has 0 spiro atoms. The predicted octanol–water partition coefficient (Wildman–Crippen LogP) is 2.25. The van der Waals surface area contributed by atoms with Crippen LogP contribution in [-0.4, -0.2) is 9.55 Å². The number of aryl methyl sites for hydroxylation is 1.